The molecule has 5 heteroatoms. The van der Waals surface area contributed by atoms with Crippen LogP contribution in [-0.2, 0) is 5.60 Å². The van der Waals surface area contributed by atoms with Crippen molar-refractivity contribution in [3.63, 3.8) is 0 Å². The number of aliphatic hydroxyl groups is 1. The van der Waals surface area contributed by atoms with Gasteiger partial charge in [-0.15, -0.1) is 0 Å². The standard InChI is InChI=1S/C25H37O4P/c1-23(2,3)30(24(4,5)6)17-25(26,18-13-11-10-12-14-18)22-20(28-8)15-19(27-7)16-21(22)29-9/h10-16,26H,17H2,1-9H3/t25-/m0/s1. The molecule has 0 amide bonds. The summed E-state index contributed by atoms with van der Waals surface area (Å²) < 4.78 is 16.9. The van der Waals surface area contributed by atoms with Crippen LogP contribution >= 0.6 is 7.92 Å². The average molecular weight is 433 g/mol. The molecule has 0 heterocycles. The van der Waals surface area contributed by atoms with Crippen LogP contribution in [0.15, 0.2) is 42.5 Å². The second-order valence-corrected chi connectivity index (χ2v) is 13.4. The summed E-state index contributed by atoms with van der Waals surface area (Å²) in [6, 6.07) is 13.4. The molecule has 2 aromatic carbocycles. The maximum atomic E-state index is 12.5. The Kier molecular flexibility index (Phi) is 7.48. The minimum Gasteiger partial charge on any atom is -0.496 e. The van der Waals surface area contributed by atoms with Gasteiger partial charge in [-0.05, 0) is 15.9 Å². The zero-order valence-corrected chi connectivity index (χ0v) is 20.8. The summed E-state index contributed by atoms with van der Waals surface area (Å²) in [6.07, 6.45) is 0.582. The molecular formula is C25H37O4P. The molecule has 2 aromatic rings. The molecular weight excluding hydrogens is 395 g/mol. The Morgan fingerprint density at radius 2 is 1.23 bits per heavy atom. The molecule has 4 nitrogen and oxygen atoms in total. The average Bonchev–Trinajstić information content (AvgIpc) is 2.69. The molecule has 0 fully saturated rings. The van der Waals surface area contributed by atoms with Crippen LogP contribution in [0.2, 0.25) is 0 Å². The van der Waals surface area contributed by atoms with Crippen LogP contribution in [0, 0.1) is 0 Å². The predicted molar refractivity (Wildman–Crippen MR) is 127 cm³/mol. The molecule has 1 atom stereocenters. The molecule has 2 rings (SSSR count). The van der Waals surface area contributed by atoms with Crippen molar-refractivity contribution in [3.8, 4) is 17.2 Å². The Hall–Kier alpha value is -1.77. The van der Waals surface area contributed by atoms with Crippen molar-refractivity contribution < 1.29 is 19.3 Å². The first-order chi connectivity index (χ1) is 13.9. The van der Waals surface area contributed by atoms with Crippen molar-refractivity contribution in [1.29, 1.82) is 0 Å². The smallest absolute Gasteiger partial charge is 0.132 e. The van der Waals surface area contributed by atoms with E-state index in [2.05, 4.69) is 41.5 Å². The van der Waals surface area contributed by atoms with Crippen LogP contribution < -0.4 is 14.2 Å². The molecule has 0 aliphatic rings. The van der Waals surface area contributed by atoms with Gasteiger partial charge in [-0.2, -0.15) is 0 Å². The van der Waals surface area contributed by atoms with E-state index >= 15 is 0 Å². The van der Waals surface area contributed by atoms with Crippen LogP contribution in [-0.4, -0.2) is 42.9 Å². The number of benzene rings is 2. The van der Waals surface area contributed by atoms with Gasteiger partial charge in [0, 0.05) is 18.3 Å². The van der Waals surface area contributed by atoms with Gasteiger partial charge in [0.1, 0.15) is 22.8 Å². The highest BCUT2D eigenvalue weighted by Gasteiger charge is 2.45. The van der Waals surface area contributed by atoms with Gasteiger partial charge in [0.2, 0.25) is 0 Å². The summed E-state index contributed by atoms with van der Waals surface area (Å²) in [4.78, 5) is 0. The number of hydrogen-bond acceptors (Lipinski definition) is 4. The SMILES string of the molecule is COc1cc(OC)c([C@](O)(CP(C(C)(C)C)C(C)(C)C)c2ccccc2)c(OC)c1. The lowest BCUT2D eigenvalue weighted by molar-refractivity contribution is 0.0985. The highest BCUT2D eigenvalue weighted by molar-refractivity contribution is 7.60. The third-order valence-corrected chi connectivity index (χ3v) is 9.40. The maximum Gasteiger partial charge on any atom is 0.132 e. The fraction of sp³-hybridized carbons (Fsp3) is 0.520. The van der Waals surface area contributed by atoms with Gasteiger partial charge in [-0.25, -0.2) is 0 Å². The van der Waals surface area contributed by atoms with Crippen molar-refractivity contribution in [2.45, 2.75) is 57.5 Å². The normalized spacial score (nSPS) is 14.4. The molecule has 0 unspecified atom stereocenters. The molecule has 0 aliphatic heterocycles. The molecule has 0 radical (unpaired) electrons. The lowest BCUT2D eigenvalue weighted by Gasteiger charge is -2.46. The van der Waals surface area contributed by atoms with E-state index in [9.17, 15) is 5.11 Å². The van der Waals surface area contributed by atoms with Crippen LogP contribution in [0.1, 0.15) is 52.7 Å². The summed E-state index contributed by atoms with van der Waals surface area (Å²) in [7, 11) is 4.21. The van der Waals surface area contributed by atoms with Crippen LogP contribution in [0.25, 0.3) is 0 Å². The Balaban J connectivity index is 2.83. The van der Waals surface area contributed by atoms with Crippen molar-refractivity contribution in [1.82, 2.24) is 0 Å². The van der Waals surface area contributed by atoms with Crippen LogP contribution in [0.3, 0.4) is 0 Å². The Bertz CT molecular complexity index is 797. The molecule has 0 aliphatic carbocycles. The number of rotatable bonds is 7. The highest BCUT2D eigenvalue weighted by Crippen LogP contribution is 2.63. The van der Waals surface area contributed by atoms with Gasteiger partial charge in [0.05, 0.1) is 26.9 Å². The monoisotopic (exact) mass is 432 g/mol. The number of ether oxygens (including phenoxy) is 3. The predicted octanol–water partition coefficient (Wildman–Crippen LogP) is 6.03. The maximum absolute atomic E-state index is 12.5. The fourth-order valence-corrected chi connectivity index (χ4v) is 7.91. The minimum absolute atomic E-state index is 0.0449. The van der Waals surface area contributed by atoms with Gasteiger partial charge in [0.25, 0.3) is 0 Å². The molecule has 0 aromatic heterocycles. The van der Waals surface area contributed by atoms with Gasteiger partial charge in [-0.1, -0.05) is 79.8 Å². The summed E-state index contributed by atoms with van der Waals surface area (Å²) in [5.41, 5.74) is 0.185. The molecule has 30 heavy (non-hydrogen) atoms. The second kappa shape index (κ2) is 9.16. The zero-order valence-electron chi connectivity index (χ0n) is 19.9. The fourth-order valence-electron chi connectivity index (χ4n) is 4.15. The van der Waals surface area contributed by atoms with E-state index < -0.39 is 13.5 Å². The first-order valence-electron chi connectivity index (χ1n) is 10.2. The van der Waals surface area contributed by atoms with E-state index in [4.69, 9.17) is 14.2 Å². The van der Waals surface area contributed by atoms with Crippen molar-refractivity contribution >= 4 is 7.92 Å². The van der Waals surface area contributed by atoms with Gasteiger partial charge in [-0.3, -0.25) is 0 Å². The van der Waals surface area contributed by atoms with E-state index in [-0.39, 0.29) is 10.3 Å². The second-order valence-electron chi connectivity index (χ2n) is 9.56. The van der Waals surface area contributed by atoms with Crippen molar-refractivity contribution in [2.24, 2.45) is 0 Å². The summed E-state index contributed by atoms with van der Waals surface area (Å²) >= 11 is 0. The Labute approximate surface area is 183 Å². The molecule has 0 spiro atoms. The van der Waals surface area contributed by atoms with Crippen LogP contribution in [0.4, 0.5) is 0 Å². The van der Waals surface area contributed by atoms with Gasteiger partial charge < -0.3 is 19.3 Å². The summed E-state index contributed by atoms with van der Waals surface area (Å²) in [5.74, 6) is 1.72. The van der Waals surface area contributed by atoms with E-state index in [1.165, 1.54) is 0 Å². The van der Waals surface area contributed by atoms with E-state index in [0.29, 0.717) is 29.0 Å². The molecule has 166 valence electrons. The molecule has 1 N–H and O–H groups in total. The van der Waals surface area contributed by atoms with Gasteiger partial charge in [0.15, 0.2) is 0 Å². The first kappa shape index (κ1) is 24.5. The zero-order chi connectivity index (χ0) is 22.7. The van der Waals surface area contributed by atoms with Gasteiger partial charge >= 0.3 is 0 Å². The van der Waals surface area contributed by atoms with Crippen LogP contribution in [0.5, 0.6) is 17.2 Å². The molecule has 0 saturated heterocycles. The lowest BCUT2D eigenvalue weighted by atomic mass is 9.86. The topological polar surface area (TPSA) is 47.9 Å². The Morgan fingerprint density at radius 1 is 0.767 bits per heavy atom. The minimum atomic E-state index is -1.28. The lowest BCUT2D eigenvalue weighted by Crippen LogP contribution is -2.38. The quantitative estimate of drug-likeness (QED) is 0.543. The van der Waals surface area contributed by atoms with E-state index in [0.717, 1.165) is 5.56 Å². The number of methoxy groups -OCH3 is 3. The van der Waals surface area contributed by atoms with Crippen molar-refractivity contribution in [2.75, 3.05) is 27.5 Å². The molecule has 0 saturated carbocycles. The third kappa shape index (κ3) is 5.10. The van der Waals surface area contributed by atoms with E-state index in [1.54, 1.807) is 21.3 Å². The summed E-state index contributed by atoms with van der Waals surface area (Å²) in [5, 5.41) is 12.5. The highest BCUT2D eigenvalue weighted by atomic mass is 31.1. The summed E-state index contributed by atoms with van der Waals surface area (Å²) in [6.45, 7) is 13.6. The van der Waals surface area contributed by atoms with Crippen molar-refractivity contribution in [3.05, 3.63) is 53.6 Å². The van der Waals surface area contributed by atoms with E-state index in [1.807, 2.05) is 42.5 Å². The number of hydrogen-bond donors (Lipinski definition) is 1. The Morgan fingerprint density at radius 3 is 1.60 bits per heavy atom. The third-order valence-electron chi connectivity index (χ3n) is 5.39. The first-order valence-corrected chi connectivity index (χ1v) is 11.8. The largest absolute Gasteiger partial charge is 0.496 e. The molecule has 0 bridgehead atoms.